The predicted molar refractivity (Wildman–Crippen MR) is 48.8 cm³/mol. The molecule has 0 rings (SSSR count). The van der Waals surface area contributed by atoms with Gasteiger partial charge in [0.2, 0.25) is 0 Å². The zero-order valence-corrected chi connectivity index (χ0v) is 7.99. The summed E-state index contributed by atoms with van der Waals surface area (Å²) in [6.45, 7) is 5.18. The van der Waals surface area contributed by atoms with E-state index in [-0.39, 0.29) is 6.04 Å². The van der Waals surface area contributed by atoms with Crippen molar-refractivity contribution in [2.24, 2.45) is 0 Å². The zero-order chi connectivity index (χ0) is 10.3. The maximum atomic E-state index is 10.2. The molecule has 76 valence electrons. The molecule has 0 spiro atoms. The summed E-state index contributed by atoms with van der Waals surface area (Å²) in [7, 11) is 0. The second-order valence-electron chi connectivity index (χ2n) is 2.99. The third-order valence-electron chi connectivity index (χ3n) is 1.71. The number of carbonyl (C=O) groups is 2. The van der Waals surface area contributed by atoms with Gasteiger partial charge in [-0.15, -0.1) is 0 Å². The van der Waals surface area contributed by atoms with Crippen LogP contribution in [-0.2, 0) is 4.79 Å². The first kappa shape index (κ1) is 11.9. The lowest BCUT2D eigenvalue weighted by atomic mass is 10.3. The average molecular weight is 188 g/mol. The van der Waals surface area contributed by atoms with Gasteiger partial charge < -0.3 is 15.2 Å². The van der Waals surface area contributed by atoms with Crippen LogP contribution in [-0.4, -0.2) is 48.1 Å². The second kappa shape index (κ2) is 6.42. The highest BCUT2D eigenvalue weighted by molar-refractivity contribution is 5.64. The van der Waals surface area contributed by atoms with Gasteiger partial charge in [0.1, 0.15) is 6.29 Å². The van der Waals surface area contributed by atoms with Crippen molar-refractivity contribution in [2.45, 2.75) is 19.9 Å². The smallest absolute Gasteiger partial charge is 0.404 e. The van der Waals surface area contributed by atoms with Gasteiger partial charge in [0.05, 0.1) is 6.54 Å². The third-order valence-corrected chi connectivity index (χ3v) is 1.71. The molecule has 0 saturated carbocycles. The highest BCUT2D eigenvalue weighted by atomic mass is 16.4. The molecule has 5 nitrogen and oxygen atoms in total. The lowest BCUT2D eigenvalue weighted by Crippen LogP contribution is -2.39. The molecule has 0 aromatic heterocycles. The molecule has 0 aromatic carbocycles. The van der Waals surface area contributed by atoms with Gasteiger partial charge in [-0.1, -0.05) is 0 Å². The van der Waals surface area contributed by atoms with Gasteiger partial charge in [-0.25, -0.2) is 4.79 Å². The van der Waals surface area contributed by atoms with E-state index in [2.05, 4.69) is 5.32 Å². The van der Waals surface area contributed by atoms with Crippen LogP contribution in [0.2, 0.25) is 0 Å². The average Bonchev–Trinajstić information content (AvgIpc) is 2.02. The molecule has 0 radical (unpaired) electrons. The minimum atomic E-state index is -1.03. The van der Waals surface area contributed by atoms with Gasteiger partial charge in [0.15, 0.2) is 0 Å². The minimum absolute atomic E-state index is 0.251. The normalized spacial score (nSPS) is 10.5. The van der Waals surface area contributed by atoms with Gasteiger partial charge in [-0.2, -0.15) is 0 Å². The van der Waals surface area contributed by atoms with Gasteiger partial charge in [0, 0.05) is 19.1 Å². The lowest BCUT2D eigenvalue weighted by molar-refractivity contribution is -0.109. The first-order chi connectivity index (χ1) is 6.07. The fraction of sp³-hybridized carbons (Fsp3) is 0.750. The monoisotopic (exact) mass is 188 g/mol. The number of nitrogens with zero attached hydrogens (tertiary/aromatic N) is 1. The molecule has 13 heavy (non-hydrogen) atoms. The number of nitrogens with one attached hydrogen (secondary N) is 1. The molecule has 0 fully saturated rings. The molecule has 0 heterocycles. The van der Waals surface area contributed by atoms with Crippen molar-refractivity contribution in [2.75, 3.05) is 19.6 Å². The minimum Gasteiger partial charge on any atom is -0.465 e. The molecular formula is C8H16N2O3. The van der Waals surface area contributed by atoms with Gasteiger partial charge in [-0.3, -0.25) is 4.90 Å². The molecule has 0 aliphatic heterocycles. The van der Waals surface area contributed by atoms with E-state index in [0.717, 1.165) is 6.29 Å². The highest BCUT2D eigenvalue weighted by Gasteiger charge is 2.07. The molecular weight excluding hydrogens is 172 g/mol. The summed E-state index contributed by atoms with van der Waals surface area (Å²) in [5.74, 6) is 0. The second-order valence-corrected chi connectivity index (χ2v) is 2.99. The number of rotatable bonds is 6. The largest absolute Gasteiger partial charge is 0.465 e. The van der Waals surface area contributed by atoms with Crippen molar-refractivity contribution < 1.29 is 14.7 Å². The molecule has 2 N–H and O–H groups in total. The molecule has 1 amide bonds. The zero-order valence-electron chi connectivity index (χ0n) is 7.99. The van der Waals surface area contributed by atoms with Crippen molar-refractivity contribution in [1.82, 2.24) is 10.2 Å². The van der Waals surface area contributed by atoms with E-state index in [1.54, 1.807) is 0 Å². The highest BCUT2D eigenvalue weighted by Crippen LogP contribution is 1.94. The maximum Gasteiger partial charge on any atom is 0.404 e. The number of carboxylic acid groups (broad SMARTS) is 1. The molecule has 0 saturated heterocycles. The van der Waals surface area contributed by atoms with E-state index in [4.69, 9.17) is 5.11 Å². The van der Waals surface area contributed by atoms with Gasteiger partial charge in [-0.05, 0) is 13.8 Å². The van der Waals surface area contributed by atoms with Crippen LogP contribution in [0.5, 0.6) is 0 Å². The molecule has 0 bridgehead atoms. The van der Waals surface area contributed by atoms with Crippen molar-refractivity contribution in [1.29, 1.82) is 0 Å². The van der Waals surface area contributed by atoms with Crippen LogP contribution in [0.15, 0.2) is 0 Å². The topological polar surface area (TPSA) is 69.6 Å². The number of amides is 1. The number of hydrogen-bond acceptors (Lipinski definition) is 3. The third kappa shape index (κ3) is 6.10. The molecule has 0 unspecified atom stereocenters. The summed E-state index contributed by atoms with van der Waals surface area (Å²) in [5.41, 5.74) is 0. The van der Waals surface area contributed by atoms with E-state index in [1.165, 1.54) is 0 Å². The van der Waals surface area contributed by atoms with Crippen LogP contribution in [0, 0.1) is 0 Å². The first-order valence-corrected chi connectivity index (χ1v) is 4.22. The Hall–Kier alpha value is -1.10. The standard InChI is InChI=1S/C8H16N2O3/c1-7(2)10(5-6-11)4-3-9-8(12)13/h6-7,9H,3-5H2,1-2H3,(H,12,13). The molecule has 0 aliphatic carbocycles. The Bertz CT molecular complexity index is 171. The van der Waals surface area contributed by atoms with Crippen molar-refractivity contribution in [3.63, 3.8) is 0 Å². The lowest BCUT2D eigenvalue weighted by Gasteiger charge is -2.23. The first-order valence-electron chi connectivity index (χ1n) is 4.22. The summed E-state index contributed by atoms with van der Waals surface area (Å²) >= 11 is 0. The summed E-state index contributed by atoms with van der Waals surface area (Å²) in [6.07, 6.45) is -0.212. The maximum absolute atomic E-state index is 10.2. The summed E-state index contributed by atoms with van der Waals surface area (Å²) in [6, 6.07) is 0.251. The fourth-order valence-corrected chi connectivity index (χ4v) is 0.962. The number of hydrogen-bond donors (Lipinski definition) is 2. The van der Waals surface area contributed by atoms with Gasteiger partial charge >= 0.3 is 6.09 Å². The predicted octanol–water partition coefficient (Wildman–Crippen LogP) is 0.163. The van der Waals surface area contributed by atoms with Gasteiger partial charge in [0.25, 0.3) is 0 Å². The Morgan fingerprint density at radius 2 is 2.23 bits per heavy atom. The Balaban J connectivity index is 3.68. The van der Waals surface area contributed by atoms with Crippen molar-refractivity contribution >= 4 is 12.4 Å². The molecule has 5 heteroatoms. The van der Waals surface area contributed by atoms with E-state index < -0.39 is 6.09 Å². The number of carbonyl (C=O) groups excluding carboxylic acids is 1. The SMILES string of the molecule is CC(C)N(CC=O)CCNC(=O)O. The van der Waals surface area contributed by atoms with Crippen LogP contribution in [0.1, 0.15) is 13.8 Å². The Morgan fingerprint density at radius 1 is 1.62 bits per heavy atom. The van der Waals surface area contributed by atoms with Crippen molar-refractivity contribution in [3.05, 3.63) is 0 Å². The van der Waals surface area contributed by atoms with E-state index in [1.807, 2.05) is 18.7 Å². The Morgan fingerprint density at radius 3 is 2.62 bits per heavy atom. The summed E-state index contributed by atoms with van der Waals surface area (Å²) < 4.78 is 0. The number of aldehydes is 1. The molecule has 0 aromatic rings. The van der Waals surface area contributed by atoms with Crippen LogP contribution >= 0.6 is 0 Å². The van der Waals surface area contributed by atoms with Crippen LogP contribution in [0.4, 0.5) is 4.79 Å². The van der Waals surface area contributed by atoms with E-state index >= 15 is 0 Å². The Kier molecular flexibility index (Phi) is 5.88. The van der Waals surface area contributed by atoms with Crippen LogP contribution in [0.25, 0.3) is 0 Å². The molecule has 0 aliphatic rings. The Labute approximate surface area is 77.7 Å². The quantitative estimate of drug-likeness (QED) is 0.583. The summed E-state index contributed by atoms with van der Waals surface area (Å²) in [4.78, 5) is 22.2. The van der Waals surface area contributed by atoms with Crippen LogP contribution in [0.3, 0.4) is 0 Å². The molecule has 0 atom stereocenters. The van der Waals surface area contributed by atoms with Crippen molar-refractivity contribution in [3.8, 4) is 0 Å². The van der Waals surface area contributed by atoms with E-state index in [0.29, 0.717) is 19.6 Å². The van der Waals surface area contributed by atoms with Crippen LogP contribution < -0.4 is 5.32 Å². The fourth-order valence-electron chi connectivity index (χ4n) is 0.962. The van der Waals surface area contributed by atoms with E-state index in [9.17, 15) is 9.59 Å². The summed E-state index contributed by atoms with van der Waals surface area (Å²) in [5, 5.41) is 10.5.